The number of ether oxygens (including phenoxy) is 2. The lowest BCUT2D eigenvalue weighted by Crippen LogP contribution is -2.52. The molecule has 1 saturated heterocycles. The molecule has 9 heteroatoms. The number of nitrogens with zero attached hydrogens (tertiary/aromatic N) is 2. The third kappa shape index (κ3) is 3.64. The molecule has 9 nitrogen and oxygen atoms in total. The molecule has 1 aromatic carbocycles. The smallest absolute Gasteiger partial charge is 0.289 e. The van der Waals surface area contributed by atoms with Gasteiger partial charge in [-0.15, -0.1) is 0 Å². The predicted molar refractivity (Wildman–Crippen MR) is 96.1 cm³/mol. The van der Waals surface area contributed by atoms with Gasteiger partial charge in [0, 0.05) is 31.7 Å². The van der Waals surface area contributed by atoms with Crippen LogP contribution in [0.5, 0.6) is 11.5 Å². The second kappa shape index (κ2) is 7.63. The summed E-state index contributed by atoms with van der Waals surface area (Å²) in [5, 5.41) is 2.62. The molecule has 146 valence electrons. The lowest BCUT2D eigenvalue weighted by Gasteiger charge is -2.34. The van der Waals surface area contributed by atoms with Crippen LogP contribution in [0.3, 0.4) is 0 Å². The lowest BCUT2D eigenvalue weighted by molar-refractivity contribution is -0.131. The van der Waals surface area contributed by atoms with Crippen LogP contribution in [0.25, 0.3) is 0 Å². The number of carbonyl (C=O) groups is 3. The van der Waals surface area contributed by atoms with Gasteiger partial charge in [-0.1, -0.05) is 0 Å². The molecule has 3 heterocycles. The molecule has 4 rings (SSSR count). The maximum atomic E-state index is 12.4. The summed E-state index contributed by atoms with van der Waals surface area (Å²) in [4.78, 5) is 40.2. The monoisotopic (exact) mass is 385 g/mol. The second-order valence-corrected chi connectivity index (χ2v) is 6.40. The summed E-state index contributed by atoms with van der Waals surface area (Å²) >= 11 is 0. The summed E-state index contributed by atoms with van der Waals surface area (Å²) in [6.07, 6.45) is 1.45. The van der Waals surface area contributed by atoms with Gasteiger partial charge in [0.1, 0.15) is 0 Å². The molecule has 2 aromatic rings. The van der Waals surface area contributed by atoms with E-state index in [0.717, 1.165) is 0 Å². The molecule has 0 atom stereocenters. The molecule has 3 amide bonds. The molecule has 0 saturated carbocycles. The van der Waals surface area contributed by atoms with Crippen LogP contribution in [0.4, 0.5) is 0 Å². The van der Waals surface area contributed by atoms with Crippen LogP contribution < -0.4 is 14.8 Å². The summed E-state index contributed by atoms with van der Waals surface area (Å²) in [7, 11) is 0. The summed E-state index contributed by atoms with van der Waals surface area (Å²) < 4.78 is 15.6. The van der Waals surface area contributed by atoms with Gasteiger partial charge in [0.15, 0.2) is 17.3 Å². The normalized spacial score (nSPS) is 15.4. The van der Waals surface area contributed by atoms with E-state index in [1.807, 2.05) is 0 Å². The van der Waals surface area contributed by atoms with E-state index in [4.69, 9.17) is 13.9 Å². The Balaban J connectivity index is 1.25. The van der Waals surface area contributed by atoms with Crippen molar-refractivity contribution in [3.63, 3.8) is 0 Å². The number of benzene rings is 1. The molecule has 0 aliphatic carbocycles. The van der Waals surface area contributed by atoms with E-state index >= 15 is 0 Å². The lowest BCUT2D eigenvalue weighted by atomic mass is 10.2. The van der Waals surface area contributed by atoms with Crippen LogP contribution in [0, 0.1) is 0 Å². The van der Waals surface area contributed by atoms with Crippen LogP contribution in [-0.2, 0) is 4.79 Å². The van der Waals surface area contributed by atoms with Crippen LogP contribution in [0.2, 0.25) is 0 Å². The van der Waals surface area contributed by atoms with Crippen molar-refractivity contribution < 1.29 is 28.3 Å². The topological polar surface area (TPSA) is 101 Å². The highest BCUT2D eigenvalue weighted by Gasteiger charge is 2.26. The highest BCUT2D eigenvalue weighted by atomic mass is 16.7. The highest BCUT2D eigenvalue weighted by Crippen LogP contribution is 2.32. The Hall–Kier alpha value is -3.49. The quantitative estimate of drug-likeness (QED) is 0.832. The van der Waals surface area contributed by atoms with Crippen LogP contribution in [0.15, 0.2) is 41.0 Å². The number of amides is 3. The molecule has 0 bridgehead atoms. The van der Waals surface area contributed by atoms with E-state index in [-0.39, 0.29) is 36.8 Å². The first-order chi connectivity index (χ1) is 13.6. The number of nitrogens with one attached hydrogen (secondary N) is 1. The van der Waals surface area contributed by atoms with Crippen LogP contribution in [-0.4, -0.2) is 67.0 Å². The number of hydrogen-bond acceptors (Lipinski definition) is 6. The molecular formula is C19H19N3O6. The molecule has 28 heavy (non-hydrogen) atoms. The Bertz CT molecular complexity index is 887. The number of carbonyl (C=O) groups excluding carboxylic acids is 3. The molecular weight excluding hydrogens is 366 g/mol. The van der Waals surface area contributed by atoms with E-state index in [0.29, 0.717) is 43.2 Å². The molecule has 0 spiro atoms. The predicted octanol–water partition coefficient (Wildman–Crippen LogP) is 0.723. The minimum atomic E-state index is -0.363. The first-order valence-corrected chi connectivity index (χ1v) is 8.90. The maximum Gasteiger partial charge on any atom is 0.289 e. The summed E-state index contributed by atoms with van der Waals surface area (Å²) in [5.41, 5.74) is 0.394. The van der Waals surface area contributed by atoms with E-state index in [9.17, 15) is 14.4 Å². The van der Waals surface area contributed by atoms with Gasteiger partial charge >= 0.3 is 0 Å². The van der Waals surface area contributed by atoms with Crippen molar-refractivity contribution in [3.05, 3.63) is 47.9 Å². The summed E-state index contributed by atoms with van der Waals surface area (Å²) in [6.45, 7) is 1.67. The molecule has 1 fully saturated rings. The Morgan fingerprint density at radius 3 is 2.46 bits per heavy atom. The third-order valence-corrected chi connectivity index (χ3v) is 4.69. The van der Waals surface area contributed by atoms with Gasteiger partial charge in [0.05, 0.1) is 12.8 Å². The molecule has 1 aromatic heterocycles. The minimum Gasteiger partial charge on any atom is -0.459 e. The van der Waals surface area contributed by atoms with Crippen molar-refractivity contribution in [1.82, 2.24) is 15.1 Å². The molecule has 1 N–H and O–H groups in total. The fraction of sp³-hybridized carbons (Fsp3) is 0.316. The van der Waals surface area contributed by atoms with Gasteiger partial charge in [0.2, 0.25) is 12.7 Å². The molecule has 0 unspecified atom stereocenters. The number of fused-ring (bicyclic) bond motifs is 1. The largest absolute Gasteiger partial charge is 0.459 e. The molecule has 2 aliphatic heterocycles. The van der Waals surface area contributed by atoms with Crippen molar-refractivity contribution in [1.29, 1.82) is 0 Å². The summed E-state index contributed by atoms with van der Waals surface area (Å²) in [5.74, 6) is 0.646. The SMILES string of the molecule is O=C(NCC(=O)N1CCN(C(=O)c2ccco2)CC1)c1ccc2c(c1)OCO2. The average Bonchev–Trinajstić information content (AvgIpc) is 3.42. The number of hydrogen-bond donors (Lipinski definition) is 1. The van der Waals surface area contributed by atoms with Crippen molar-refractivity contribution in [2.45, 2.75) is 0 Å². The average molecular weight is 385 g/mol. The molecule has 2 aliphatic rings. The Labute approximate surface area is 160 Å². The van der Waals surface area contributed by atoms with Gasteiger partial charge in [0.25, 0.3) is 11.8 Å². The van der Waals surface area contributed by atoms with Gasteiger partial charge in [-0.05, 0) is 30.3 Å². The van der Waals surface area contributed by atoms with Gasteiger partial charge < -0.3 is 29.0 Å². The first kappa shape index (κ1) is 17.9. The van der Waals surface area contributed by atoms with E-state index < -0.39 is 0 Å². The zero-order valence-corrected chi connectivity index (χ0v) is 15.1. The Kier molecular flexibility index (Phi) is 4.88. The number of furan rings is 1. The third-order valence-electron chi connectivity index (χ3n) is 4.69. The van der Waals surface area contributed by atoms with Gasteiger partial charge in [-0.25, -0.2) is 0 Å². The fourth-order valence-electron chi connectivity index (χ4n) is 3.12. The maximum absolute atomic E-state index is 12.4. The molecule has 0 radical (unpaired) electrons. The fourth-order valence-corrected chi connectivity index (χ4v) is 3.12. The summed E-state index contributed by atoms with van der Waals surface area (Å²) in [6, 6.07) is 8.14. The van der Waals surface area contributed by atoms with Gasteiger partial charge in [-0.2, -0.15) is 0 Å². The number of rotatable bonds is 4. The zero-order valence-electron chi connectivity index (χ0n) is 15.1. The van der Waals surface area contributed by atoms with Crippen molar-refractivity contribution in [2.75, 3.05) is 39.5 Å². The zero-order chi connectivity index (χ0) is 19.5. The second-order valence-electron chi connectivity index (χ2n) is 6.40. The Morgan fingerprint density at radius 2 is 1.71 bits per heavy atom. The highest BCUT2D eigenvalue weighted by molar-refractivity contribution is 5.97. The first-order valence-electron chi connectivity index (χ1n) is 8.90. The van der Waals surface area contributed by atoms with Crippen LogP contribution >= 0.6 is 0 Å². The number of piperazine rings is 1. The van der Waals surface area contributed by atoms with Gasteiger partial charge in [-0.3, -0.25) is 14.4 Å². The van der Waals surface area contributed by atoms with Crippen molar-refractivity contribution in [3.8, 4) is 11.5 Å². The van der Waals surface area contributed by atoms with Crippen molar-refractivity contribution >= 4 is 17.7 Å². The van der Waals surface area contributed by atoms with Crippen molar-refractivity contribution in [2.24, 2.45) is 0 Å². The standard InChI is InChI=1S/C19H19N3O6/c23-17(11-20-18(24)13-3-4-14-16(10-13)28-12-27-14)21-5-7-22(8-6-21)19(25)15-2-1-9-26-15/h1-4,9-10H,5-8,11-12H2,(H,20,24). The minimum absolute atomic E-state index is 0.112. The van der Waals surface area contributed by atoms with E-state index in [1.54, 1.807) is 40.1 Å². The van der Waals surface area contributed by atoms with E-state index in [2.05, 4.69) is 5.32 Å². The Morgan fingerprint density at radius 1 is 0.964 bits per heavy atom. The van der Waals surface area contributed by atoms with E-state index in [1.165, 1.54) is 6.26 Å². The van der Waals surface area contributed by atoms with Crippen LogP contribution in [0.1, 0.15) is 20.9 Å².